The lowest BCUT2D eigenvalue weighted by molar-refractivity contribution is -0.0138. The van der Waals surface area contributed by atoms with Crippen molar-refractivity contribution in [2.24, 2.45) is 5.92 Å². The molecule has 1 N–H and O–H groups in total. The quantitative estimate of drug-likeness (QED) is 0.340. The standard InChI is InChI=1S/C18H38O6/c1-3-4-5-18(2)6-8-20-10-12-22-14-16-24-17-15-23-13-11-21-9-7-19/h18-19H,3-17H2,1-2H3. The Labute approximate surface area is 147 Å². The van der Waals surface area contributed by atoms with Gasteiger partial charge in [0.25, 0.3) is 0 Å². The lowest BCUT2D eigenvalue weighted by atomic mass is 10.0. The maximum atomic E-state index is 8.51. The second-order valence-corrected chi connectivity index (χ2v) is 5.82. The summed E-state index contributed by atoms with van der Waals surface area (Å²) in [4.78, 5) is 0. The molecule has 0 heterocycles. The summed E-state index contributed by atoms with van der Waals surface area (Å²) < 4.78 is 26.8. The maximum Gasteiger partial charge on any atom is 0.0701 e. The van der Waals surface area contributed by atoms with E-state index in [4.69, 9.17) is 28.8 Å². The molecule has 0 spiro atoms. The van der Waals surface area contributed by atoms with Crippen LogP contribution >= 0.6 is 0 Å². The average Bonchev–Trinajstić information content (AvgIpc) is 2.59. The topological polar surface area (TPSA) is 66.4 Å². The monoisotopic (exact) mass is 350 g/mol. The summed E-state index contributed by atoms with van der Waals surface area (Å²) in [6, 6.07) is 0. The van der Waals surface area contributed by atoms with Gasteiger partial charge in [-0.05, 0) is 12.3 Å². The van der Waals surface area contributed by atoms with E-state index in [0.29, 0.717) is 59.5 Å². The SMILES string of the molecule is CCCCC(C)CCOCCOCCOCCOCCOCCO. The van der Waals surface area contributed by atoms with Crippen molar-refractivity contribution in [3.8, 4) is 0 Å². The first-order valence-electron chi connectivity index (χ1n) is 9.30. The van der Waals surface area contributed by atoms with Crippen LogP contribution in [0.25, 0.3) is 0 Å². The first-order valence-corrected chi connectivity index (χ1v) is 9.30. The van der Waals surface area contributed by atoms with Gasteiger partial charge in [-0.2, -0.15) is 0 Å². The average molecular weight is 350 g/mol. The molecule has 0 aromatic rings. The highest BCUT2D eigenvalue weighted by atomic mass is 16.6. The van der Waals surface area contributed by atoms with Gasteiger partial charge in [0, 0.05) is 6.61 Å². The molecule has 0 amide bonds. The van der Waals surface area contributed by atoms with Gasteiger partial charge in [0.15, 0.2) is 0 Å². The molecule has 24 heavy (non-hydrogen) atoms. The molecular weight excluding hydrogens is 312 g/mol. The van der Waals surface area contributed by atoms with E-state index in [1.165, 1.54) is 19.3 Å². The number of rotatable bonds is 20. The fourth-order valence-electron chi connectivity index (χ4n) is 2.03. The summed E-state index contributed by atoms with van der Waals surface area (Å²) in [7, 11) is 0. The van der Waals surface area contributed by atoms with Crippen molar-refractivity contribution in [1.29, 1.82) is 0 Å². The van der Waals surface area contributed by atoms with E-state index in [9.17, 15) is 0 Å². The molecule has 0 saturated heterocycles. The summed E-state index contributed by atoms with van der Waals surface area (Å²) in [5.74, 6) is 0.753. The van der Waals surface area contributed by atoms with Crippen LogP contribution in [-0.4, -0.2) is 77.8 Å². The van der Waals surface area contributed by atoms with E-state index in [1.54, 1.807) is 0 Å². The molecule has 0 saturated carbocycles. The summed E-state index contributed by atoms with van der Waals surface area (Å²) in [6.45, 7) is 10.3. The van der Waals surface area contributed by atoms with Crippen LogP contribution in [-0.2, 0) is 23.7 Å². The molecule has 0 aromatic heterocycles. The molecule has 0 bridgehead atoms. The first kappa shape index (κ1) is 23.8. The van der Waals surface area contributed by atoms with Crippen LogP contribution in [0.5, 0.6) is 0 Å². The number of aliphatic hydroxyl groups excluding tert-OH is 1. The molecule has 1 unspecified atom stereocenters. The second kappa shape index (κ2) is 20.8. The van der Waals surface area contributed by atoms with Crippen LogP contribution in [0.4, 0.5) is 0 Å². The van der Waals surface area contributed by atoms with E-state index in [1.807, 2.05) is 0 Å². The van der Waals surface area contributed by atoms with E-state index in [-0.39, 0.29) is 6.61 Å². The highest BCUT2D eigenvalue weighted by Gasteiger charge is 2.01. The van der Waals surface area contributed by atoms with Gasteiger partial charge >= 0.3 is 0 Å². The van der Waals surface area contributed by atoms with E-state index < -0.39 is 0 Å². The predicted molar refractivity (Wildman–Crippen MR) is 94.5 cm³/mol. The minimum atomic E-state index is 0.0478. The van der Waals surface area contributed by atoms with Crippen molar-refractivity contribution in [2.75, 3.05) is 72.7 Å². The van der Waals surface area contributed by atoms with Crippen molar-refractivity contribution >= 4 is 0 Å². The van der Waals surface area contributed by atoms with Gasteiger partial charge < -0.3 is 28.8 Å². The highest BCUT2D eigenvalue weighted by molar-refractivity contribution is 4.52. The molecule has 0 radical (unpaired) electrons. The molecule has 146 valence electrons. The summed E-state index contributed by atoms with van der Waals surface area (Å²) in [5, 5.41) is 8.51. The zero-order valence-corrected chi connectivity index (χ0v) is 15.7. The zero-order chi connectivity index (χ0) is 17.7. The van der Waals surface area contributed by atoms with Gasteiger partial charge in [0.1, 0.15) is 0 Å². The molecule has 0 aliphatic carbocycles. The largest absolute Gasteiger partial charge is 0.394 e. The van der Waals surface area contributed by atoms with Gasteiger partial charge in [-0.1, -0.05) is 33.1 Å². The van der Waals surface area contributed by atoms with E-state index >= 15 is 0 Å². The Morgan fingerprint density at radius 3 is 1.46 bits per heavy atom. The molecule has 0 aliphatic heterocycles. The van der Waals surface area contributed by atoms with Gasteiger partial charge in [-0.25, -0.2) is 0 Å². The summed E-state index contributed by atoms with van der Waals surface area (Å²) in [5.41, 5.74) is 0. The van der Waals surface area contributed by atoms with Gasteiger partial charge in [-0.3, -0.25) is 0 Å². The Kier molecular flexibility index (Phi) is 20.6. The number of unbranched alkanes of at least 4 members (excludes halogenated alkanes) is 1. The van der Waals surface area contributed by atoms with Crippen LogP contribution in [0.15, 0.2) is 0 Å². The smallest absolute Gasteiger partial charge is 0.0701 e. The maximum absolute atomic E-state index is 8.51. The number of aliphatic hydroxyl groups is 1. The van der Waals surface area contributed by atoms with Crippen molar-refractivity contribution in [2.45, 2.75) is 39.5 Å². The van der Waals surface area contributed by atoms with Crippen LogP contribution in [0.3, 0.4) is 0 Å². The third kappa shape index (κ3) is 19.8. The van der Waals surface area contributed by atoms with Crippen LogP contribution < -0.4 is 0 Å². The lowest BCUT2D eigenvalue weighted by Gasteiger charge is -2.11. The molecule has 0 aliphatic rings. The van der Waals surface area contributed by atoms with E-state index in [2.05, 4.69) is 13.8 Å². The Bertz CT molecular complexity index is 228. The Morgan fingerprint density at radius 2 is 1.04 bits per heavy atom. The lowest BCUT2D eigenvalue weighted by Crippen LogP contribution is -2.14. The van der Waals surface area contributed by atoms with Gasteiger partial charge in [0.05, 0.1) is 66.1 Å². The number of ether oxygens (including phenoxy) is 5. The van der Waals surface area contributed by atoms with Crippen LogP contribution in [0.2, 0.25) is 0 Å². The number of hydrogen-bond acceptors (Lipinski definition) is 6. The molecule has 0 aromatic carbocycles. The minimum absolute atomic E-state index is 0.0478. The van der Waals surface area contributed by atoms with Gasteiger partial charge in [0.2, 0.25) is 0 Å². The predicted octanol–water partition coefficient (Wildman–Crippen LogP) is 2.28. The zero-order valence-electron chi connectivity index (χ0n) is 15.7. The molecule has 0 rings (SSSR count). The highest BCUT2D eigenvalue weighted by Crippen LogP contribution is 2.11. The van der Waals surface area contributed by atoms with Crippen molar-refractivity contribution in [3.05, 3.63) is 0 Å². The minimum Gasteiger partial charge on any atom is -0.394 e. The summed E-state index contributed by atoms with van der Waals surface area (Å²) in [6.07, 6.45) is 5.01. The fraction of sp³-hybridized carbons (Fsp3) is 1.00. The summed E-state index contributed by atoms with van der Waals surface area (Å²) >= 11 is 0. The van der Waals surface area contributed by atoms with E-state index in [0.717, 1.165) is 18.9 Å². The molecule has 6 nitrogen and oxygen atoms in total. The molecule has 6 heteroatoms. The fourth-order valence-corrected chi connectivity index (χ4v) is 2.03. The third-order valence-corrected chi connectivity index (χ3v) is 3.53. The second-order valence-electron chi connectivity index (χ2n) is 5.82. The van der Waals surface area contributed by atoms with Gasteiger partial charge in [-0.15, -0.1) is 0 Å². The Balaban J connectivity index is 3.02. The molecule has 0 fully saturated rings. The normalized spacial score (nSPS) is 12.6. The molecule has 1 atom stereocenters. The Morgan fingerprint density at radius 1 is 0.625 bits per heavy atom. The van der Waals surface area contributed by atoms with Crippen molar-refractivity contribution in [3.63, 3.8) is 0 Å². The third-order valence-electron chi connectivity index (χ3n) is 3.53. The Hall–Kier alpha value is -0.240. The number of hydrogen-bond donors (Lipinski definition) is 1. The van der Waals surface area contributed by atoms with Crippen molar-refractivity contribution < 1.29 is 28.8 Å². The van der Waals surface area contributed by atoms with Crippen molar-refractivity contribution in [1.82, 2.24) is 0 Å². The van der Waals surface area contributed by atoms with Crippen LogP contribution in [0, 0.1) is 5.92 Å². The molecular formula is C18H38O6. The van der Waals surface area contributed by atoms with Crippen LogP contribution in [0.1, 0.15) is 39.5 Å². The first-order chi connectivity index (χ1) is 11.8.